The quantitative estimate of drug-likeness (QED) is 0.635. The Morgan fingerprint density at radius 3 is 2.88 bits per heavy atom. The highest BCUT2D eigenvalue weighted by Gasteiger charge is 2.20. The SMILES string of the molecule is CCNC(=NCc1ncnn1C)NC1CCN(c2cccs2)CC1. The van der Waals surface area contributed by atoms with E-state index in [2.05, 4.69) is 55.0 Å². The van der Waals surface area contributed by atoms with Crippen LogP contribution in [0.15, 0.2) is 28.8 Å². The molecule has 24 heavy (non-hydrogen) atoms. The lowest BCUT2D eigenvalue weighted by Crippen LogP contribution is -2.48. The summed E-state index contributed by atoms with van der Waals surface area (Å²) in [5.41, 5.74) is 0. The van der Waals surface area contributed by atoms with E-state index in [-0.39, 0.29) is 0 Å². The Balaban J connectivity index is 1.53. The van der Waals surface area contributed by atoms with Gasteiger partial charge in [0, 0.05) is 32.7 Å². The number of aliphatic imine (C=N–C) groups is 1. The number of nitrogens with one attached hydrogen (secondary N) is 2. The highest BCUT2D eigenvalue weighted by atomic mass is 32.1. The molecule has 0 atom stereocenters. The monoisotopic (exact) mass is 347 g/mol. The van der Waals surface area contributed by atoms with Crippen molar-refractivity contribution < 1.29 is 0 Å². The van der Waals surface area contributed by atoms with Crippen molar-refractivity contribution in [2.24, 2.45) is 12.0 Å². The van der Waals surface area contributed by atoms with Gasteiger partial charge >= 0.3 is 0 Å². The van der Waals surface area contributed by atoms with Crippen molar-refractivity contribution in [2.75, 3.05) is 24.5 Å². The number of hydrogen-bond acceptors (Lipinski definition) is 5. The maximum absolute atomic E-state index is 4.64. The molecule has 0 spiro atoms. The second kappa shape index (κ2) is 8.14. The molecule has 3 rings (SSSR count). The second-order valence-corrected chi connectivity index (χ2v) is 6.78. The van der Waals surface area contributed by atoms with Gasteiger partial charge in [-0.15, -0.1) is 11.3 Å². The van der Waals surface area contributed by atoms with Crippen molar-refractivity contribution in [3.63, 3.8) is 0 Å². The second-order valence-electron chi connectivity index (χ2n) is 5.85. The maximum Gasteiger partial charge on any atom is 0.191 e. The molecule has 1 fully saturated rings. The third-order valence-electron chi connectivity index (χ3n) is 4.18. The topological polar surface area (TPSA) is 70.4 Å². The Morgan fingerprint density at radius 2 is 2.25 bits per heavy atom. The van der Waals surface area contributed by atoms with Crippen LogP contribution in [-0.4, -0.2) is 46.4 Å². The Morgan fingerprint density at radius 1 is 1.42 bits per heavy atom. The number of hydrogen-bond donors (Lipinski definition) is 2. The van der Waals surface area contributed by atoms with E-state index in [1.165, 1.54) is 5.00 Å². The van der Waals surface area contributed by atoms with Crippen LogP contribution >= 0.6 is 11.3 Å². The fourth-order valence-corrected chi connectivity index (χ4v) is 3.61. The number of anilines is 1. The summed E-state index contributed by atoms with van der Waals surface area (Å²) >= 11 is 1.81. The van der Waals surface area contributed by atoms with Crippen LogP contribution in [0.25, 0.3) is 0 Å². The first-order chi connectivity index (χ1) is 11.8. The summed E-state index contributed by atoms with van der Waals surface area (Å²) in [5.74, 6) is 1.72. The zero-order valence-corrected chi connectivity index (χ0v) is 15.1. The Bertz CT molecular complexity index is 641. The van der Waals surface area contributed by atoms with Gasteiger partial charge in [-0.2, -0.15) is 5.10 Å². The molecule has 2 aromatic rings. The Kier molecular flexibility index (Phi) is 5.68. The summed E-state index contributed by atoms with van der Waals surface area (Å²) < 4.78 is 1.76. The van der Waals surface area contributed by atoms with Crippen molar-refractivity contribution >= 4 is 22.3 Å². The van der Waals surface area contributed by atoms with E-state index >= 15 is 0 Å². The first-order valence-electron chi connectivity index (χ1n) is 8.42. The molecular weight excluding hydrogens is 322 g/mol. The van der Waals surface area contributed by atoms with Crippen LogP contribution in [0, 0.1) is 0 Å². The zero-order valence-electron chi connectivity index (χ0n) is 14.3. The highest BCUT2D eigenvalue weighted by molar-refractivity contribution is 7.14. The average Bonchev–Trinajstić information content (AvgIpc) is 3.25. The highest BCUT2D eigenvalue weighted by Crippen LogP contribution is 2.24. The van der Waals surface area contributed by atoms with Gasteiger partial charge in [0.1, 0.15) is 18.7 Å². The fraction of sp³-hybridized carbons (Fsp3) is 0.562. The molecule has 2 N–H and O–H groups in total. The van der Waals surface area contributed by atoms with Gasteiger partial charge in [0.25, 0.3) is 0 Å². The number of aromatic nitrogens is 3. The third kappa shape index (κ3) is 4.25. The van der Waals surface area contributed by atoms with Crippen LogP contribution < -0.4 is 15.5 Å². The number of rotatable bonds is 5. The van der Waals surface area contributed by atoms with Crippen LogP contribution in [0.2, 0.25) is 0 Å². The van der Waals surface area contributed by atoms with Crippen molar-refractivity contribution in [3.8, 4) is 0 Å². The smallest absolute Gasteiger partial charge is 0.191 e. The largest absolute Gasteiger partial charge is 0.363 e. The Labute approximate surface area is 146 Å². The van der Waals surface area contributed by atoms with Crippen molar-refractivity contribution in [1.82, 2.24) is 25.4 Å². The van der Waals surface area contributed by atoms with Crippen molar-refractivity contribution in [1.29, 1.82) is 0 Å². The first-order valence-corrected chi connectivity index (χ1v) is 9.30. The van der Waals surface area contributed by atoms with Crippen LogP contribution in [-0.2, 0) is 13.6 Å². The van der Waals surface area contributed by atoms with Gasteiger partial charge in [-0.25, -0.2) is 9.98 Å². The summed E-state index contributed by atoms with van der Waals surface area (Å²) in [6.07, 6.45) is 3.80. The van der Waals surface area contributed by atoms with Gasteiger partial charge in [0.15, 0.2) is 5.96 Å². The molecular formula is C16H25N7S. The van der Waals surface area contributed by atoms with Gasteiger partial charge in [-0.1, -0.05) is 0 Å². The predicted molar refractivity (Wildman–Crippen MR) is 98.5 cm³/mol. The van der Waals surface area contributed by atoms with Crippen LogP contribution in [0.1, 0.15) is 25.6 Å². The molecule has 1 saturated heterocycles. The van der Waals surface area contributed by atoms with Crippen LogP contribution in [0.5, 0.6) is 0 Å². The van der Waals surface area contributed by atoms with E-state index in [9.17, 15) is 0 Å². The summed E-state index contributed by atoms with van der Waals surface area (Å²) in [7, 11) is 1.89. The van der Waals surface area contributed by atoms with Crippen LogP contribution in [0.3, 0.4) is 0 Å². The third-order valence-corrected chi connectivity index (χ3v) is 5.11. The summed E-state index contributed by atoms with van der Waals surface area (Å²) in [4.78, 5) is 11.3. The molecule has 130 valence electrons. The van der Waals surface area contributed by atoms with Crippen molar-refractivity contribution in [2.45, 2.75) is 32.4 Å². The standard InChI is InChI=1S/C16H25N7S/c1-3-17-16(18-11-14-19-12-20-22(14)2)21-13-6-8-23(9-7-13)15-5-4-10-24-15/h4-5,10,12-13H,3,6-9,11H2,1-2H3,(H2,17,18,21). The Hall–Kier alpha value is -2.09. The van der Waals surface area contributed by atoms with E-state index in [1.807, 2.05) is 18.4 Å². The minimum atomic E-state index is 0.457. The number of piperidine rings is 1. The lowest BCUT2D eigenvalue weighted by molar-refractivity contribution is 0.462. The first kappa shape index (κ1) is 16.8. The lowest BCUT2D eigenvalue weighted by atomic mass is 10.1. The minimum Gasteiger partial charge on any atom is -0.363 e. The van der Waals surface area contributed by atoms with Gasteiger partial charge in [-0.05, 0) is 37.3 Å². The lowest BCUT2D eigenvalue weighted by Gasteiger charge is -2.33. The average molecular weight is 347 g/mol. The van der Waals surface area contributed by atoms with E-state index in [4.69, 9.17) is 0 Å². The zero-order chi connectivity index (χ0) is 16.8. The number of thiophene rings is 1. The summed E-state index contributed by atoms with van der Waals surface area (Å²) in [6, 6.07) is 4.77. The molecule has 3 heterocycles. The van der Waals surface area contributed by atoms with Gasteiger partial charge in [-0.3, -0.25) is 4.68 Å². The molecule has 0 bridgehead atoms. The molecule has 1 aliphatic rings. The molecule has 7 nitrogen and oxygen atoms in total. The molecule has 8 heteroatoms. The predicted octanol–water partition coefficient (Wildman–Crippen LogP) is 1.60. The van der Waals surface area contributed by atoms with E-state index < -0.39 is 0 Å². The van der Waals surface area contributed by atoms with Gasteiger partial charge in [0.2, 0.25) is 0 Å². The fourth-order valence-electron chi connectivity index (χ4n) is 2.82. The van der Waals surface area contributed by atoms with E-state index in [0.717, 1.165) is 44.3 Å². The molecule has 1 aliphatic heterocycles. The summed E-state index contributed by atoms with van der Waals surface area (Å²) in [6.45, 7) is 5.62. The number of aryl methyl sites for hydroxylation is 1. The molecule has 0 aliphatic carbocycles. The molecule has 0 aromatic carbocycles. The number of nitrogens with zero attached hydrogens (tertiary/aromatic N) is 5. The number of guanidine groups is 1. The minimum absolute atomic E-state index is 0.457. The summed E-state index contributed by atoms with van der Waals surface area (Å²) in [5, 5.41) is 14.5. The van der Waals surface area contributed by atoms with Crippen LogP contribution in [0.4, 0.5) is 5.00 Å². The normalized spacial score (nSPS) is 16.4. The van der Waals surface area contributed by atoms with E-state index in [0.29, 0.717) is 12.6 Å². The molecule has 0 radical (unpaired) electrons. The van der Waals surface area contributed by atoms with Gasteiger partial charge < -0.3 is 15.5 Å². The van der Waals surface area contributed by atoms with Crippen molar-refractivity contribution in [3.05, 3.63) is 29.7 Å². The molecule has 2 aromatic heterocycles. The maximum atomic E-state index is 4.64. The molecule has 0 unspecified atom stereocenters. The van der Waals surface area contributed by atoms with Gasteiger partial charge in [0.05, 0.1) is 5.00 Å². The molecule has 0 saturated carbocycles. The van der Waals surface area contributed by atoms with E-state index in [1.54, 1.807) is 11.0 Å². The molecule has 0 amide bonds.